The van der Waals surface area contributed by atoms with Crippen LogP contribution in [-0.4, -0.2) is 17.1 Å². The van der Waals surface area contributed by atoms with Crippen molar-refractivity contribution in [3.05, 3.63) is 33.4 Å². The van der Waals surface area contributed by atoms with Gasteiger partial charge in [0.25, 0.3) is 5.69 Å². The fraction of sp³-hybridized carbons (Fsp3) is 0.333. The molecule has 0 aliphatic heterocycles. The Kier molecular flexibility index (Phi) is 3.88. The second kappa shape index (κ2) is 4.95. The van der Waals surface area contributed by atoms with Gasteiger partial charge < -0.3 is 9.84 Å². The summed E-state index contributed by atoms with van der Waals surface area (Å²) in [5.74, 6) is 0.428. The van der Waals surface area contributed by atoms with Crippen LogP contribution in [0.4, 0.5) is 5.69 Å². The lowest BCUT2D eigenvalue weighted by atomic mass is 10.1. The molecule has 0 aliphatic carbocycles. The van der Waals surface area contributed by atoms with Gasteiger partial charge in [0.1, 0.15) is 5.75 Å². The van der Waals surface area contributed by atoms with E-state index in [4.69, 9.17) is 21.4 Å². The van der Waals surface area contributed by atoms with Crippen LogP contribution in [0.2, 0.25) is 0 Å². The van der Waals surface area contributed by atoms with Crippen molar-refractivity contribution in [1.82, 2.24) is 0 Å². The van der Waals surface area contributed by atoms with Crippen LogP contribution in [0, 0.1) is 10.1 Å². The van der Waals surface area contributed by atoms with E-state index in [0.29, 0.717) is 16.9 Å². The summed E-state index contributed by atoms with van der Waals surface area (Å²) in [4.78, 5) is 10.1. The molecule has 0 unspecified atom stereocenters. The number of ether oxygens (including phenoxy) is 1. The predicted octanol–water partition coefficient (Wildman–Crippen LogP) is 1.83. The van der Waals surface area contributed by atoms with Gasteiger partial charge in [-0.05, 0) is 6.07 Å². The highest BCUT2D eigenvalue weighted by Crippen LogP contribution is 2.29. The van der Waals surface area contributed by atoms with E-state index in [0.717, 1.165) is 0 Å². The first-order valence-corrected chi connectivity index (χ1v) is 4.68. The van der Waals surface area contributed by atoms with Crippen LogP contribution in [0.5, 0.6) is 5.75 Å². The third-order valence-corrected chi connectivity index (χ3v) is 2.28. The summed E-state index contributed by atoms with van der Waals surface area (Å²) in [5.41, 5.74) is 0.642. The molecule has 0 amide bonds. The molecule has 0 aromatic heterocycles. The Morgan fingerprint density at radius 2 is 2.20 bits per heavy atom. The maximum atomic E-state index is 10.7. The normalized spacial score (nSPS) is 10.1. The van der Waals surface area contributed by atoms with E-state index in [2.05, 4.69) is 0 Å². The Hall–Kier alpha value is -1.33. The second-order valence-corrected chi connectivity index (χ2v) is 3.11. The Morgan fingerprint density at radius 1 is 1.53 bits per heavy atom. The fourth-order valence-electron chi connectivity index (χ4n) is 1.24. The molecule has 0 aliphatic rings. The highest BCUT2D eigenvalue weighted by molar-refractivity contribution is 6.17. The maximum absolute atomic E-state index is 10.7. The average Bonchev–Trinajstić information content (AvgIpc) is 2.26. The van der Waals surface area contributed by atoms with E-state index in [1.54, 1.807) is 0 Å². The van der Waals surface area contributed by atoms with Crippen molar-refractivity contribution in [1.29, 1.82) is 0 Å². The zero-order valence-electron chi connectivity index (χ0n) is 8.07. The second-order valence-electron chi connectivity index (χ2n) is 2.84. The first-order valence-electron chi connectivity index (χ1n) is 4.15. The Morgan fingerprint density at radius 3 is 2.60 bits per heavy atom. The van der Waals surface area contributed by atoms with Crippen LogP contribution < -0.4 is 4.74 Å². The van der Waals surface area contributed by atoms with Gasteiger partial charge in [0.2, 0.25) is 0 Å². The smallest absolute Gasteiger partial charge is 0.274 e. The first-order chi connectivity index (χ1) is 7.13. The van der Waals surface area contributed by atoms with Crippen molar-refractivity contribution in [2.45, 2.75) is 12.5 Å². The SMILES string of the molecule is COc1cc(CCl)c([N+](=O)[O-])cc1CO. The number of aliphatic hydroxyl groups excluding tert-OH is 1. The van der Waals surface area contributed by atoms with Crippen LogP contribution in [0.15, 0.2) is 12.1 Å². The largest absolute Gasteiger partial charge is 0.496 e. The van der Waals surface area contributed by atoms with Crippen LogP contribution in [0.3, 0.4) is 0 Å². The molecule has 0 spiro atoms. The van der Waals surface area contributed by atoms with Crippen molar-refractivity contribution < 1.29 is 14.8 Å². The first kappa shape index (κ1) is 11.7. The van der Waals surface area contributed by atoms with E-state index >= 15 is 0 Å². The number of hydrogen-bond acceptors (Lipinski definition) is 4. The van der Waals surface area contributed by atoms with Gasteiger partial charge in [-0.3, -0.25) is 10.1 Å². The molecule has 1 N–H and O–H groups in total. The molecule has 1 rings (SSSR count). The fourth-order valence-corrected chi connectivity index (χ4v) is 1.46. The summed E-state index contributed by atoms with van der Waals surface area (Å²) < 4.78 is 4.97. The van der Waals surface area contributed by atoms with Gasteiger partial charge in [0.05, 0.1) is 24.5 Å². The van der Waals surface area contributed by atoms with E-state index < -0.39 is 4.92 Å². The summed E-state index contributed by atoms with van der Waals surface area (Å²) in [5, 5.41) is 19.7. The lowest BCUT2D eigenvalue weighted by Crippen LogP contribution is -1.99. The molecule has 1 aromatic carbocycles. The van der Waals surface area contributed by atoms with Gasteiger partial charge in [0.15, 0.2) is 0 Å². The van der Waals surface area contributed by atoms with Crippen molar-refractivity contribution in [3.8, 4) is 5.75 Å². The molecule has 82 valence electrons. The van der Waals surface area contributed by atoms with Gasteiger partial charge in [-0.15, -0.1) is 11.6 Å². The summed E-state index contributed by atoms with van der Waals surface area (Å²) in [7, 11) is 1.43. The molecular formula is C9H10ClNO4. The summed E-state index contributed by atoms with van der Waals surface area (Å²) in [6, 6.07) is 2.74. The monoisotopic (exact) mass is 231 g/mol. The number of methoxy groups -OCH3 is 1. The Labute approximate surface area is 91.4 Å². The predicted molar refractivity (Wildman–Crippen MR) is 55.1 cm³/mol. The zero-order valence-corrected chi connectivity index (χ0v) is 8.82. The molecule has 0 fully saturated rings. The van der Waals surface area contributed by atoms with Crippen molar-refractivity contribution in [2.75, 3.05) is 7.11 Å². The van der Waals surface area contributed by atoms with Crippen LogP contribution >= 0.6 is 11.6 Å². The third kappa shape index (κ3) is 2.37. The molecule has 6 heteroatoms. The lowest BCUT2D eigenvalue weighted by molar-refractivity contribution is -0.385. The number of benzene rings is 1. The van der Waals surface area contributed by atoms with Gasteiger partial charge in [-0.2, -0.15) is 0 Å². The number of nitrogens with zero attached hydrogens (tertiary/aromatic N) is 1. The van der Waals surface area contributed by atoms with Crippen LogP contribution in [-0.2, 0) is 12.5 Å². The molecule has 0 radical (unpaired) electrons. The summed E-state index contributed by atoms with van der Waals surface area (Å²) in [6.45, 7) is -0.313. The molecule has 0 heterocycles. The number of rotatable bonds is 4. The van der Waals surface area contributed by atoms with E-state index in [1.165, 1.54) is 19.2 Å². The van der Waals surface area contributed by atoms with Gasteiger partial charge in [-0.25, -0.2) is 0 Å². The van der Waals surface area contributed by atoms with Crippen molar-refractivity contribution in [3.63, 3.8) is 0 Å². The summed E-state index contributed by atoms with van der Waals surface area (Å²) in [6.07, 6.45) is 0. The van der Waals surface area contributed by atoms with E-state index in [1.807, 2.05) is 0 Å². The van der Waals surface area contributed by atoms with Crippen molar-refractivity contribution in [2.24, 2.45) is 0 Å². The standard InChI is InChI=1S/C9H10ClNO4/c1-15-9-3-6(4-10)8(11(13)14)2-7(9)5-12/h2-3,12H,4-5H2,1H3. The third-order valence-electron chi connectivity index (χ3n) is 1.99. The quantitative estimate of drug-likeness (QED) is 0.488. The topological polar surface area (TPSA) is 72.6 Å². The zero-order chi connectivity index (χ0) is 11.4. The van der Waals surface area contributed by atoms with Gasteiger partial charge >= 0.3 is 0 Å². The minimum absolute atomic E-state index is 0.0262. The minimum Gasteiger partial charge on any atom is -0.496 e. The molecule has 0 atom stereocenters. The van der Waals surface area contributed by atoms with Gasteiger partial charge in [-0.1, -0.05) is 0 Å². The molecule has 5 nitrogen and oxygen atoms in total. The molecule has 0 saturated heterocycles. The lowest BCUT2D eigenvalue weighted by Gasteiger charge is -2.08. The van der Waals surface area contributed by atoms with Crippen LogP contribution in [0.25, 0.3) is 0 Å². The number of halogens is 1. The molecule has 0 bridgehead atoms. The number of alkyl halides is 1. The number of nitro groups is 1. The number of nitro benzene ring substituents is 1. The van der Waals surface area contributed by atoms with E-state index in [-0.39, 0.29) is 18.2 Å². The van der Waals surface area contributed by atoms with Crippen molar-refractivity contribution >= 4 is 17.3 Å². The Bertz CT molecular complexity index is 381. The minimum atomic E-state index is -0.531. The van der Waals surface area contributed by atoms with Crippen LogP contribution in [0.1, 0.15) is 11.1 Å². The molecule has 15 heavy (non-hydrogen) atoms. The molecular weight excluding hydrogens is 222 g/mol. The number of hydrogen-bond donors (Lipinski definition) is 1. The highest BCUT2D eigenvalue weighted by Gasteiger charge is 2.17. The molecule has 1 aromatic rings. The maximum Gasteiger partial charge on any atom is 0.274 e. The van der Waals surface area contributed by atoms with E-state index in [9.17, 15) is 10.1 Å². The average molecular weight is 232 g/mol. The Balaban J connectivity index is 3.34. The summed E-state index contributed by atoms with van der Waals surface area (Å²) >= 11 is 5.58. The highest BCUT2D eigenvalue weighted by atomic mass is 35.5. The van der Waals surface area contributed by atoms with Gasteiger partial charge in [0, 0.05) is 17.2 Å². The number of aliphatic hydroxyl groups is 1. The molecule has 0 saturated carbocycles.